The number of thiophene rings is 1. The lowest BCUT2D eigenvalue weighted by Crippen LogP contribution is -2.11. The summed E-state index contributed by atoms with van der Waals surface area (Å²) >= 11 is 1.32. The highest BCUT2D eigenvalue weighted by atomic mass is 32.1. The molecule has 3 nitrogen and oxygen atoms in total. The fourth-order valence-corrected chi connectivity index (χ4v) is 1.99. The summed E-state index contributed by atoms with van der Waals surface area (Å²) in [6, 6.07) is 7.46. The third-order valence-electron chi connectivity index (χ3n) is 2.15. The largest absolute Gasteiger partial charge is 0.495 e. The van der Waals surface area contributed by atoms with E-state index in [-0.39, 0.29) is 5.91 Å². The number of halogens is 1. The van der Waals surface area contributed by atoms with Crippen LogP contribution in [0.1, 0.15) is 9.67 Å². The monoisotopic (exact) mass is 251 g/mol. The van der Waals surface area contributed by atoms with E-state index in [9.17, 15) is 9.18 Å². The summed E-state index contributed by atoms with van der Waals surface area (Å²) in [6.45, 7) is 0. The van der Waals surface area contributed by atoms with Gasteiger partial charge in [-0.15, -0.1) is 11.3 Å². The molecule has 2 aromatic rings. The molecule has 1 aromatic carbocycles. The van der Waals surface area contributed by atoms with Crippen molar-refractivity contribution in [1.29, 1.82) is 0 Å². The van der Waals surface area contributed by atoms with Crippen molar-refractivity contribution in [2.75, 3.05) is 12.4 Å². The molecule has 1 aromatic heterocycles. The average Bonchev–Trinajstić information content (AvgIpc) is 2.83. The first-order valence-corrected chi connectivity index (χ1v) is 5.77. The fraction of sp³-hybridized carbons (Fsp3) is 0.0833. The summed E-state index contributed by atoms with van der Waals surface area (Å²) in [5, 5.41) is 4.41. The zero-order valence-corrected chi connectivity index (χ0v) is 9.88. The van der Waals surface area contributed by atoms with E-state index in [2.05, 4.69) is 5.32 Å². The third kappa shape index (κ3) is 2.62. The van der Waals surface area contributed by atoms with E-state index in [1.807, 2.05) is 0 Å². The first kappa shape index (κ1) is 11.6. The number of hydrogen-bond donors (Lipinski definition) is 1. The molecule has 5 heteroatoms. The molecule has 0 atom stereocenters. The Labute approximate surface area is 102 Å². The van der Waals surface area contributed by atoms with Gasteiger partial charge in [-0.3, -0.25) is 4.79 Å². The molecule has 1 N–H and O–H groups in total. The lowest BCUT2D eigenvalue weighted by molar-refractivity contribution is 0.103. The van der Waals surface area contributed by atoms with E-state index in [1.54, 1.807) is 17.5 Å². The van der Waals surface area contributed by atoms with E-state index < -0.39 is 5.82 Å². The third-order valence-corrected chi connectivity index (χ3v) is 3.02. The summed E-state index contributed by atoms with van der Waals surface area (Å²) in [4.78, 5) is 12.3. The lowest BCUT2D eigenvalue weighted by Gasteiger charge is -2.09. The van der Waals surface area contributed by atoms with Crippen molar-refractivity contribution >= 4 is 22.9 Å². The highest BCUT2D eigenvalue weighted by Gasteiger charge is 2.11. The predicted octanol–water partition coefficient (Wildman–Crippen LogP) is 3.15. The summed E-state index contributed by atoms with van der Waals surface area (Å²) in [7, 11) is 1.47. The van der Waals surface area contributed by atoms with Crippen LogP contribution in [0.25, 0.3) is 0 Å². The fourth-order valence-electron chi connectivity index (χ4n) is 1.37. The van der Waals surface area contributed by atoms with Crippen molar-refractivity contribution in [3.63, 3.8) is 0 Å². The molecule has 2 rings (SSSR count). The van der Waals surface area contributed by atoms with Crippen LogP contribution in [0, 0.1) is 5.82 Å². The lowest BCUT2D eigenvalue weighted by atomic mass is 10.2. The molecular weight excluding hydrogens is 241 g/mol. The molecule has 0 saturated carbocycles. The molecule has 0 spiro atoms. The Morgan fingerprint density at radius 1 is 1.41 bits per heavy atom. The molecule has 1 heterocycles. The SMILES string of the molecule is COc1ccc(F)cc1NC(=O)c1cccs1. The van der Waals surface area contributed by atoms with Gasteiger partial charge in [-0.05, 0) is 23.6 Å². The second-order valence-electron chi connectivity index (χ2n) is 3.28. The summed E-state index contributed by atoms with van der Waals surface area (Å²) < 4.78 is 18.1. The van der Waals surface area contributed by atoms with Crippen LogP contribution in [0.2, 0.25) is 0 Å². The van der Waals surface area contributed by atoms with Crippen molar-refractivity contribution in [3.8, 4) is 5.75 Å². The molecule has 0 aliphatic heterocycles. The number of amides is 1. The van der Waals surface area contributed by atoms with Gasteiger partial charge in [0.05, 0.1) is 17.7 Å². The zero-order chi connectivity index (χ0) is 12.3. The molecule has 88 valence electrons. The molecule has 0 aliphatic rings. The van der Waals surface area contributed by atoms with Crippen molar-refractivity contribution in [2.24, 2.45) is 0 Å². The number of methoxy groups -OCH3 is 1. The van der Waals surface area contributed by atoms with Gasteiger partial charge < -0.3 is 10.1 Å². The van der Waals surface area contributed by atoms with E-state index in [0.29, 0.717) is 16.3 Å². The Kier molecular flexibility index (Phi) is 3.39. The molecular formula is C12H10FNO2S. The minimum atomic E-state index is -0.424. The second kappa shape index (κ2) is 4.97. The molecule has 0 bridgehead atoms. The van der Waals surface area contributed by atoms with Crippen LogP contribution in [0.15, 0.2) is 35.7 Å². The van der Waals surface area contributed by atoms with Crippen molar-refractivity contribution in [1.82, 2.24) is 0 Å². The standard InChI is InChI=1S/C12H10FNO2S/c1-16-10-5-4-8(13)7-9(10)14-12(15)11-3-2-6-17-11/h2-7H,1H3,(H,14,15). The van der Waals surface area contributed by atoms with Gasteiger partial charge in [-0.25, -0.2) is 4.39 Å². The molecule has 1 amide bonds. The molecule has 0 aliphatic carbocycles. The first-order valence-electron chi connectivity index (χ1n) is 4.89. The highest BCUT2D eigenvalue weighted by Crippen LogP contribution is 2.25. The number of hydrogen-bond acceptors (Lipinski definition) is 3. The number of carbonyl (C=O) groups excluding carboxylic acids is 1. The second-order valence-corrected chi connectivity index (χ2v) is 4.22. The number of ether oxygens (including phenoxy) is 1. The van der Waals surface area contributed by atoms with Gasteiger partial charge in [-0.2, -0.15) is 0 Å². The van der Waals surface area contributed by atoms with Gasteiger partial charge in [-0.1, -0.05) is 6.07 Å². The minimum absolute atomic E-state index is 0.274. The maximum atomic E-state index is 13.1. The summed E-state index contributed by atoms with van der Waals surface area (Å²) in [5.74, 6) is -0.271. The first-order chi connectivity index (χ1) is 8.20. The van der Waals surface area contributed by atoms with Crippen LogP contribution in [-0.2, 0) is 0 Å². The number of nitrogens with one attached hydrogen (secondary N) is 1. The van der Waals surface area contributed by atoms with Crippen LogP contribution >= 0.6 is 11.3 Å². The van der Waals surface area contributed by atoms with Gasteiger partial charge in [0, 0.05) is 6.07 Å². The highest BCUT2D eigenvalue weighted by molar-refractivity contribution is 7.12. The van der Waals surface area contributed by atoms with E-state index in [1.165, 1.54) is 36.6 Å². The molecule has 0 unspecified atom stereocenters. The van der Waals surface area contributed by atoms with Crippen LogP contribution in [-0.4, -0.2) is 13.0 Å². The number of rotatable bonds is 3. The molecule has 0 radical (unpaired) electrons. The van der Waals surface area contributed by atoms with Gasteiger partial charge in [0.15, 0.2) is 0 Å². The Balaban J connectivity index is 2.23. The average molecular weight is 251 g/mol. The number of benzene rings is 1. The van der Waals surface area contributed by atoms with E-state index in [4.69, 9.17) is 4.74 Å². The van der Waals surface area contributed by atoms with Crippen LogP contribution in [0.5, 0.6) is 5.75 Å². The van der Waals surface area contributed by atoms with E-state index in [0.717, 1.165) is 0 Å². The zero-order valence-electron chi connectivity index (χ0n) is 9.07. The van der Waals surface area contributed by atoms with Crippen molar-refractivity contribution < 1.29 is 13.9 Å². The van der Waals surface area contributed by atoms with Gasteiger partial charge in [0.25, 0.3) is 5.91 Å². The maximum Gasteiger partial charge on any atom is 0.265 e. The van der Waals surface area contributed by atoms with Crippen molar-refractivity contribution in [2.45, 2.75) is 0 Å². The van der Waals surface area contributed by atoms with Gasteiger partial charge in [0.1, 0.15) is 11.6 Å². The van der Waals surface area contributed by atoms with Crippen LogP contribution < -0.4 is 10.1 Å². The number of anilines is 1. The Hall–Kier alpha value is -1.88. The Bertz CT molecular complexity index is 525. The van der Waals surface area contributed by atoms with E-state index >= 15 is 0 Å². The van der Waals surface area contributed by atoms with Crippen molar-refractivity contribution in [3.05, 3.63) is 46.4 Å². The van der Waals surface area contributed by atoms with Gasteiger partial charge >= 0.3 is 0 Å². The smallest absolute Gasteiger partial charge is 0.265 e. The van der Waals surface area contributed by atoms with Crippen LogP contribution in [0.4, 0.5) is 10.1 Å². The molecule has 17 heavy (non-hydrogen) atoms. The Morgan fingerprint density at radius 2 is 2.24 bits per heavy atom. The Morgan fingerprint density at radius 3 is 2.88 bits per heavy atom. The summed E-state index contributed by atoms with van der Waals surface area (Å²) in [5.41, 5.74) is 0.325. The minimum Gasteiger partial charge on any atom is -0.495 e. The maximum absolute atomic E-state index is 13.1. The van der Waals surface area contributed by atoms with Gasteiger partial charge in [0.2, 0.25) is 0 Å². The quantitative estimate of drug-likeness (QED) is 0.910. The number of carbonyl (C=O) groups is 1. The van der Waals surface area contributed by atoms with Crippen LogP contribution in [0.3, 0.4) is 0 Å². The predicted molar refractivity (Wildman–Crippen MR) is 65.2 cm³/mol. The normalized spacial score (nSPS) is 10.0. The molecule has 0 saturated heterocycles. The topological polar surface area (TPSA) is 38.3 Å². The summed E-state index contributed by atoms with van der Waals surface area (Å²) in [6.07, 6.45) is 0. The molecule has 0 fully saturated rings.